The van der Waals surface area contributed by atoms with Crippen LogP contribution in [0.15, 0.2) is 18.3 Å². The molecule has 7 heteroatoms. The zero-order valence-corrected chi connectivity index (χ0v) is 8.62. The van der Waals surface area contributed by atoms with Gasteiger partial charge in [-0.1, -0.05) is 6.92 Å². The third-order valence-electron chi connectivity index (χ3n) is 1.89. The van der Waals surface area contributed by atoms with Crippen molar-refractivity contribution in [3.05, 3.63) is 28.4 Å². The molecule has 0 amide bonds. The Hall–Kier alpha value is -2.02. The number of hydrogen-bond acceptors (Lipinski definition) is 6. The predicted octanol–water partition coefficient (Wildman–Crippen LogP) is 0.632. The molecule has 0 aliphatic heterocycles. The average Bonchev–Trinajstić information content (AvgIpc) is 2.28. The molecule has 0 aliphatic rings. The SMILES string of the molecule is CCC(N)C(=O)Oc1ncccc1[N+](=O)[O-]. The Morgan fingerprint density at radius 2 is 2.44 bits per heavy atom. The summed E-state index contributed by atoms with van der Waals surface area (Å²) in [5, 5.41) is 10.6. The molecule has 1 rings (SSSR count). The van der Waals surface area contributed by atoms with E-state index in [2.05, 4.69) is 4.98 Å². The van der Waals surface area contributed by atoms with Gasteiger partial charge in [-0.05, 0) is 12.5 Å². The molecule has 0 bridgehead atoms. The van der Waals surface area contributed by atoms with E-state index in [0.29, 0.717) is 6.42 Å². The fraction of sp³-hybridized carbons (Fsp3) is 0.333. The lowest BCUT2D eigenvalue weighted by Gasteiger charge is -2.07. The van der Waals surface area contributed by atoms with Gasteiger partial charge in [0, 0.05) is 12.3 Å². The van der Waals surface area contributed by atoms with Crippen molar-refractivity contribution in [3.8, 4) is 5.88 Å². The Morgan fingerprint density at radius 1 is 1.75 bits per heavy atom. The summed E-state index contributed by atoms with van der Waals surface area (Å²) < 4.78 is 4.74. The molecular weight excluding hydrogens is 214 g/mol. The molecule has 0 saturated carbocycles. The van der Waals surface area contributed by atoms with Crippen LogP contribution >= 0.6 is 0 Å². The molecular formula is C9H11N3O4. The summed E-state index contributed by atoms with van der Waals surface area (Å²) in [6, 6.07) is 1.78. The largest absolute Gasteiger partial charge is 0.400 e. The van der Waals surface area contributed by atoms with Crippen LogP contribution in [-0.2, 0) is 4.79 Å². The number of nitro groups is 1. The Morgan fingerprint density at radius 3 is 3.00 bits per heavy atom. The highest BCUT2D eigenvalue weighted by Gasteiger charge is 2.21. The summed E-state index contributed by atoms with van der Waals surface area (Å²) in [6.45, 7) is 1.71. The minimum absolute atomic E-state index is 0.332. The molecule has 1 unspecified atom stereocenters. The van der Waals surface area contributed by atoms with Crippen LogP contribution in [-0.4, -0.2) is 21.9 Å². The lowest BCUT2D eigenvalue weighted by Crippen LogP contribution is -2.33. The lowest BCUT2D eigenvalue weighted by atomic mass is 10.2. The summed E-state index contributed by atoms with van der Waals surface area (Å²) in [7, 11) is 0. The summed E-state index contributed by atoms with van der Waals surface area (Å²) in [5.74, 6) is -1.06. The van der Waals surface area contributed by atoms with Gasteiger partial charge >= 0.3 is 17.5 Å². The Kier molecular flexibility index (Phi) is 3.90. The van der Waals surface area contributed by atoms with Gasteiger partial charge < -0.3 is 10.5 Å². The highest BCUT2D eigenvalue weighted by Crippen LogP contribution is 2.23. The van der Waals surface area contributed by atoms with E-state index in [4.69, 9.17) is 10.5 Å². The third kappa shape index (κ3) is 2.74. The van der Waals surface area contributed by atoms with E-state index in [9.17, 15) is 14.9 Å². The van der Waals surface area contributed by atoms with Crippen LogP contribution < -0.4 is 10.5 Å². The molecule has 0 aromatic carbocycles. The van der Waals surface area contributed by atoms with Gasteiger partial charge in [0.25, 0.3) is 0 Å². The Bertz CT molecular complexity index is 407. The van der Waals surface area contributed by atoms with Gasteiger partial charge in [-0.2, -0.15) is 0 Å². The van der Waals surface area contributed by atoms with Gasteiger partial charge in [-0.25, -0.2) is 9.78 Å². The van der Waals surface area contributed by atoms with E-state index in [0.717, 1.165) is 0 Å². The molecule has 1 heterocycles. The third-order valence-corrected chi connectivity index (χ3v) is 1.89. The second kappa shape index (κ2) is 5.17. The number of pyridine rings is 1. The molecule has 1 aromatic rings. The van der Waals surface area contributed by atoms with E-state index in [1.54, 1.807) is 6.92 Å². The first kappa shape index (κ1) is 12.1. The zero-order valence-electron chi connectivity index (χ0n) is 8.62. The normalized spacial score (nSPS) is 11.9. The number of rotatable bonds is 4. The van der Waals surface area contributed by atoms with Crippen molar-refractivity contribution < 1.29 is 14.5 Å². The second-order valence-electron chi connectivity index (χ2n) is 3.02. The molecule has 0 radical (unpaired) electrons. The first-order valence-electron chi connectivity index (χ1n) is 4.63. The molecule has 86 valence electrons. The first-order valence-corrected chi connectivity index (χ1v) is 4.63. The number of hydrogen-bond donors (Lipinski definition) is 1. The van der Waals surface area contributed by atoms with Crippen LogP contribution in [0.25, 0.3) is 0 Å². The average molecular weight is 225 g/mol. The molecule has 0 fully saturated rings. The maximum Gasteiger partial charge on any atom is 0.331 e. The molecule has 0 aliphatic carbocycles. The van der Waals surface area contributed by atoms with Crippen molar-refractivity contribution in [2.24, 2.45) is 5.73 Å². The zero-order chi connectivity index (χ0) is 12.1. The van der Waals surface area contributed by atoms with Crippen molar-refractivity contribution in [1.82, 2.24) is 4.98 Å². The number of nitrogens with zero attached hydrogens (tertiary/aromatic N) is 2. The fourth-order valence-electron chi connectivity index (χ4n) is 0.938. The Labute approximate surface area is 91.4 Å². The molecule has 1 atom stereocenters. The monoisotopic (exact) mass is 225 g/mol. The van der Waals surface area contributed by atoms with E-state index < -0.39 is 16.9 Å². The number of nitrogens with two attached hydrogens (primary N) is 1. The maximum absolute atomic E-state index is 11.3. The quantitative estimate of drug-likeness (QED) is 0.457. The van der Waals surface area contributed by atoms with E-state index in [1.165, 1.54) is 18.3 Å². The number of carbonyl (C=O) groups is 1. The first-order chi connectivity index (χ1) is 7.56. The van der Waals surface area contributed by atoms with Gasteiger partial charge in [0.1, 0.15) is 6.04 Å². The topological polar surface area (TPSA) is 108 Å². The van der Waals surface area contributed by atoms with Crippen molar-refractivity contribution in [2.45, 2.75) is 19.4 Å². The summed E-state index contributed by atoms with van der Waals surface area (Å²) in [6.07, 6.45) is 1.69. The standard InChI is InChI=1S/C9H11N3O4/c1-2-6(10)9(13)16-8-7(12(14)15)4-3-5-11-8/h3-6H,2,10H2,1H3. The minimum atomic E-state index is -0.804. The van der Waals surface area contributed by atoms with Crippen LogP contribution in [0, 0.1) is 10.1 Å². The van der Waals surface area contributed by atoms with Crippen LogP contribution in [0.5, 0.6) is 5.88 Å². The molecule has 0 spiro atoms. The predicted molar refractivity (Wildman–Crippen MR) is 54.8 cm³/mol. The highest BCUT2D eigenvalue weighted by molar-refractivity contribution is 5.78. The van der Waals surface area contributed by atoms with Crippen molar-refractivity contribution >= 4 is 11.7 Å². The maximum atomic E-state index is 11.3. The summed E-state index contributed by atoms with van der Waals surface area (Å²) >= 11 is 0. The molecule has 7 nitrogen and oxygen atoms in total. The van der Waals surface area contributed by atoms with Gasteiger partial charge in [-0.3, -0.25) is 10.1 Å². The van der Waals surface area contributed by atoms with E-state index in [-0.39, 0.29) is 11.6 Å². The smallest absolute Gasteiger partial charge is 0.331 e. The van der Waals surface area contributed by atoms with Crippen molar-refractivity contribution in [2.75, 3.05) is 0 Å². The van der Waals surface area contributed by atoms with Gasteiger partial charge in [-0.15, -0.1) is 0 Å². The Balaban J connectivity index is 2.89. The van der Waals surface area contributed by atoms with Crippen molar-refractivity contribution in [3.63, 3.8) is 0 Å². The van der Waals surface area contributed by atoms with E-state index >= 15 is 0 Å². The number of esters is 1. The molecule has 2 N–H and O–H groups in total. The number of carbonyl (C=O) groups excluding carboxylic acids is 1. The van der Waals surface area contributed by atoms with Crippen LogP contribution in [0.1, 0.15) is 13.3 Å². The van der Waals surface area contributed by atoms with E-state index in [1.807, 2.05) is 0 Å². The highest BCUT2D eigenvalue weighted by atomic mass is 16.6. The molecule has 16 heavy (non-hydrogen) atoms. The number of ether oxygens (including phenoxy) is 1. The van der Waals surface area contributed by atoms with Crippen molar-refractivity contribution in [1.29, 1.82) is 0 Å². The second-order valence-corrected chi connectivity index (χ2v) is 3.02. The number of aromatic nitrogens is 1. The molecule has 0 saturated heterocycles. The molecule has 1 aromatic heterocycles. The van der Waals surface area contributed by atoms with Crippen LogP contribution in [0.4, 0.5) is 5.69 Å². The van der Waals surface area contributed by atoms with Gasteiger partial charge in [0.2, 0.25) is 0 Å². The van der Waals surface area contributed by atoms with Gasteiger partial charge in [0.05, 0.1) is 4.92 Å². The summed E-state index contributed by atoms with van der Waals surface area (Å²) in [4.78, 5) is 24.8. The minimum Gasteiger partial charge on any atom is -0.400 e. The van der Waals surface area contributed by atoms with Gasteiger partial charge in [0.15, 0.2) is 0 Å². The lowest BCUT2D eigenvalue weighted by molar-refractivity contribution is -0.386. The summed E-state index contributed by atoms with van der Waals surface area (Å²) in [5.41, 5.74) is 5.06. The fourth-order valence-corrected chi connectivity index (χ4v) is 0.938. The van der Waals surface area contributed by atoms with Crippen LogP contribution in [0.3, 0.4) is 0 Å². The van der Waals surface area contributed by atoms with Crippen LogP contribution in [0.2, 0.25) is 0 Å².